The fourth-order valence-corrected chi connectivity index (χ4v) is 3.66. The first-order valence-corrected chi connectivity index (χ1v) is 7.34. The number of likely N-dealkylation sites (N-methyl/N-ethyl adjacent to an activating group) is 2. The Labute approximate surface area is 113 Å². The van der Waals surface area contributed by atoms with Crippen LogP contribution < -0.4 is 0 Å². The van der Waals surface area contributed by atoms with Crippen LogP contribution in [0, 0.1) is 6.92 Å². The van der Waals surface area contributed by atoms with Crippen molar-refractivity contribution in [3.05, 3.63) is 15.6 Å². The number of aryl methyl sites for hydroxylation is 1. The van der Waals surface area contributed by atoms with Gasteiger partial charge < -0.3 is 10.0 Å². The van der Waals surface area contributed by atoms with E-state index >= 15 is 0 Å². The maximum Gasteiger partial charge on any atom is 0.112 e. The Kier molecular flexibility index (Phi) is 4.37. The molecule has 0 bridgehead atoms. The molecule has 102 valence electrons. The van der Waals surface area contributed by atoms with Crippen molar-refractivity contribution in [2.24, 2.45) is 0 Å². The number of nitrogens with zero attached hydrogens (tertiary/aromatic N) is 3. The Balaban J connectivity index is 2.25. The van der Waals surface area contributed by atoms with Gasteiger partial charge in [0.15, 0.2) is 0 Å². The summed E-state index contributed by atoms with van der Waals surface area (Å²) < 4.78 is 0. The first kappa shape index (κ1) is 13.9. The Morgan fingerprint density at radius 2 is 2.11 bits per heavy atom. The number of aromatic nitrogens is 1. The summed E-state index contributed by atoms with van der Waals surface area (Å²) in [6, 6.07) is 0.355. The van der Waals surface area contributed by atoms with Crippen molar-refractivity contribution in [3.8, 4) is 0 Å². The molecule has 1 saturated heterocycles. The number of hydrogen-bond donors (Lipinski definition) is 1. The summed E-state index contributed by atoms with van der Waals surface area (Å²) in [5.41, 5.74) is 0.977. The largest absolute Gasteiger partial charge is 0.388 e. The van der Waals surface area contributed by atoms with Crippen molar-refractivity contribution in [1.29, 1.82) is 0 Å². The number of thiazole rings is 1. The summed E-state index contributed by atoms with van der Waals surface area (Å²) in [7, 11) is 4.34. The maximum absolute atomic E-state index is 9.74. The highest BCUT2D eigenvalue weighted by atomic mass is 32.1. The van der Waals surface area contributed by atoms with E-state index in [0.717, 1.165) is 35.2 Å². The number of aliphatic hydroxyl groups excluding tert-OH is 1. The van der Waals surface area contributed by atoms with Gasteiger partial charge in [-0.2, -0.15) is 0 Å². The first-order chi connectivity index (χ1) is 8.49. The SMILES string of the molecule is Cc1nc(C2CN(C)CCCN2C)sc1C(C)O. The summed E-state index contributed by atoms with van der Waals surface area (Å²) in [6.07, 6.45) is 0.793. The molecule has 0 aliphatic carbocycles. The smallest absolute Gasteiger partial charge is 0.112 e. The molecule has 2 rings (SSSR count). The molecule has 0 aromatic carbocycles. The number of rotatable bonds is 2. The zero-order valence-corrected chi connectivity index (χ0v) is 12.5. The molecule has 2 heterocycles. The third kappa shape index (κ3) is 2.91. The highest BCUT2D eigenvalue weighted by Crippen LogP contribution is 2.32. The quantitative estimate of drug-likeness (QED) is 0.889. The van der Waals surface area contributed by atoms with Crippen LogP contribution in [0.2, 0.25) is 0 Å². The van der Waals surface area contributed by atoms with Crippen molar-refractivity contribution in [2.75, 3.05) is 33.7 Å². The second-order valence-electron chi connectivity index (χ2n) is 5.29. The standard InChI is InChI=1S/C13H23N3OS/c1-9-12(10(2)17)18-13(14-9)11-8-15(3)6-5-7-16(11)4/h10-11,17H,5-8H2,1-4H3. The summed E-state index contributed by atoms with van der Waals surface area (Å²) >= 11 is 1.66. The van der Waals surface area contributed by atoms with Gasteiger partial charge in [0.2, 0.25) is 0 Å². The fourth-order valence-electron chi connectivity index (χ4n) is 2.50. The van der Waals surface area contributed by atoms with E-state index in [1.54, 1.807) is 11.3 Å². The Bertz CT molecular complexity index is 405. The zero-order chi connectivity index (χ0) is 13.3. The van der Waals surface area contributed by atoms with E-state index in [4.69, 9.17) is 0 Å². The highest BCUT2D eigenvalue weighted by Gasteiger charge is 2.26. The lowest BCUT2D eigenvalue weighted by atomic mass is 10.2. The van der Waals surface area contributed by atoms with Gasteiger partial charge in [0.25, 0.3) is 0 Å². The van der Waals surface area contributed by atoms with Gasteiger partial charge >= 0.3 is 0 Å². The molecule has 1 aromatic rings. The Morgan fingerprint density at radius 3 is 2.72 bits per heavy atom. The van der Waals surface area contributed by atoms with Gasteiger partial charge in [-0.05, 0) is 47.5 Å². The summed E-state index contributed by atoms with van der Waals surface area (Å²) in [4.78, 5) is 10.4. The number of hydrogen-bond acceptors (Lipinski definition) is 5. The van der Waals surface area contributed by atoms with E-state index in [0.29, 0.717) is 6.04 Å². The van der Waals surface area contributed by atoms with E-state index in [1.807, 2.05) is 13.8 Å². The van der Waals surface area contributed by atoms with Crippen LogP contribution in [-0.2, 0) is 0 Å². The van der Waals surface area contributed by atoms with E-state index in [-0.39, 0.29) is 0 Å². The van der Waals surface area contributed by atoms with Gasteiger partial charge in [0, 0.05) is 6.54 Å². The molecule has 1 N–H and O–H groups in total. The third-order valence-corrected chi connectivity index (χ3v) is 5.01. The van der Waals surface area contributed by atoms with E-state index in [2.05, 4.69) is 28.9 Å². The van der Waals surface area contributed by atoms with Crippen LogP contribution in [0.4, 0.5) is 0 Å². The predicted octanol–water partition coefficient (Wildman–Crippen LogP) is 1.81. The molecule has 0 radical (unpaired) electrons. The Morgan fingerprint density at radius 1 is 1.39 bits per heavy atom. The van der Waals surface area contributed by atoms with Crippen molar-refractivity contribution >= 4 is 11.3 Å². The molecule has 5 heteroatoms. The zero-order valence-electron chi connectivity index (χ0n) is 11.7. The lowest BCUT2D eigenvalue weighted by Crippen LogP contribution is -2.30. The van der Waals surface area contributed by atoms with Crippen LogP contribution in [0.25, 0.3) is 0 Å². The molecule has 0 amide bonds. The van der Waals surface area contributed by atoms with Gasteiger partial charge in [0.05, 0.1) is 22.7 Å². The average Bonchev–Trinajstić information content (AvgIpc) is 2.59. The lowest BCUT2D eigenvalue weighted by Gasteiger charge is -2.25. The van der Waals surface area contributed by atoms with E-state index < -0.39 is 6.10 Å². The van der Waals surface area contributed by atoms with Crippen LogP contribution in [0.1, 0.15) is 41.1 Å². The molecule has 18 heavy (non-hydrogen) atoms. The summed E-state index contributed by atoms with van der Waals surface area (Å²) in [6.45, 7) is 7.07. The van der Waals surface area contributed by atoms with Crippen molar-refractivity contribution in [2.45, 2.75) is 32.4 Å². The molecule has 1 aromatic heterocycles. The molecular formula is C13H23N3OS. The monoisotopic (exact) mass is 269 g/mol. The second kappa shape index (κ2) is 5.65. The number of aliphatic hydroxyl groups is 1. The van der Waals surface area contributed by atoms with Gasteiger partial charge in [-0.3, -0.25) is 4.90 Å². The maximum atomic E-state index is 9.74. The molecule has 2 unspecified atom stereocenters. The van der Waals surface area contributed by atoms with Gasteiger partial charge in [-0.15, -0.1) is 11.3 Å². The lowest BCUT2D eigenvalue weighted by molar-refractivity contribution is 0.202. The van der Waals surface area contributed by atoms with E-state index in [9.17, 15) is 5.11 Å². The highest BCUT2D eigenvalue weighted by molar-refractivity contribution is 7.11. The molecule has 0 spiro atoms. The average molecular weight is 269 g/mol. The van der Waals surface area contributed by atoms with Crippen LogP contribution in [0.5, 0.6) is 0 Å². The molecule has 1 aliphatic heterocycles. The van der Waals surface area contributed by atoms with Crippen LogP contribution >= 0.6 is 11.3 Å². The predicted molar refractivity (Wildman–Crippen MR) is 75.0 cm³/mol. The molecule has 1 fully saturated rings. The van der Waals surface area contributed by atoms with E-state index in [1.165, 1.54) is 6.42 Å². The summed E-state index contributed by atoms with van der Waals surface area (Å²) in [5, 5.41) is 10.9. The summed E-state index contributed by atoms with van der Waals surface area (Å²) in [5.74, 6) is 0. The molecular weight excluding hydrogens is 246 g/mol. The molecule has 1 aliphatic rings. The normalized spacial score (nSPS) is 25.1. The minimum atomic E-state index is -0.412. The third-order valence-electron chi connectivity index (χ3n) is 3.58. The van der Waals surface area contributed by atoms with Crippen LogP contribution in [0.15, 0.2) is 0 Å². The van der Waals surface area contributed by atoms with Crippen molar-refractivity contribution in [1.82, 2.24) is 14.8 Å². The Hall–Kier alpha value is -0.490. The van der Waals surface area contributed by atoms with Gasteiger partial charge in [-0.1, -0.05) is 0 Å². The van der Waals surface area contributed by atoms with Crippen LogP contribution in [-0.4, -0.2) is 53.6 Å². The topological polar surface area (TPSA) is 39.6 Å². The first-order valence-electron chi connectivity index (χ1n) is 6.53. The minimum absolute atomic E-state index is 0.355. The minimum Gasteiger partial charge on any atom is -0.388 e. The molecule has 0 saturated carbocycles. The fraction of sp³-hybridized carbons (Fsp3) is 0.769. The molecule has 4 nitrogen and oxygen atoms in total. The van der Waals surface area contributed by atoms with Crippen molar-refractivity contribution < 1.29 is 5.11 Å². The second-order valence-corrected chi connectivity index (χ2v) is 6.35. The van der Waals surface area contributed by atoms with Crippen molar-refractivity contribution in [3.63, 3.8) is 0 Å². The van der Waals surface area contributed by atoms with Crippen LogP contribution in [0.3, 0.4) is 0 Å². The van der Waals surface area contributed by atoms with Gasteiger partial charge in [-0.25, -0.2) is 4.98 Å². The van der Waals surface area contributed by atoms with Gasteiger partial charge in [0.1, 0.15) is 5.01 Å². The molecule has 2 atom stereocenters.